The molecule has 106 valence electrons. The summed E-state index contributed by atoms with van der Waals surface area (Å²) in [6.45, 7) is 3.53. The zero-order chi connectivity index (χ0) is 14.4. The van der Waals surface area contributed by atoms with Crippen LogP contribution in [-0.4, -0.2) is 19.2 Å². The quantitative estimate of drug-likeness (QED) is 0.878. The third-order valence-electron chi connectivity index (χ3n) is 3.22. The van der Waals surface area contributed by atoms with E-state index in [9.17, 15) is 0 Å². The summed E-state index contributed by atoms with van der Waals surface area (Å²) in [5.41, 5.74) is 3.36. The summed E-state index contributed by atoms with van der Waals surface area (Å²) in [4.78, 5) is 4.37. The Kier molecular flexibility index (Phi) is 4.96. The third kappa shape index (κ3) is 3.48. The second-order valence-corrected chi connectivity index (χ2v) is 4.55. The van der Waals surface area contributed by atoms with Crippen LogP contribution < -0.4 is 14.8 Å². The SMILES string of the molecule is COc1ccc(CNCc2ncccc2C)c(OC)c1. The Hall–Kier alpha value is -2.07. The van der Waals surface area contributed by atoms with Crippen molar-refractivity contribution in [2.45, 2.75) is 20.0 Å². The Morgan fingerprint density at radius 2 is 1.95 bits per heavy atom. The molecule has 0 atom stereocenters. The number of nitrogens with one attached hydrogen (secondary N) is 1. The van der Waals surface area contributed by atoms with E-state index in [1.54, 1.807) is 14.2 Å². The van der Waals surface area contributed by atoms with E-state index in [0.29, 0.717) is 0 Å². The van der Waals surface area contributed by atoms with E-state index >= 15 is 0 Å². The Morgan fingerprint density at radius 3 is 2.65 bits per heavy atom. The fourth-order valence-electron chi connectivity index (χ4n) is 2.02. The molecule has 0 unspecified atom stereocenters. The zero-order valence-electron chi connectivity index (χ0n) is 12.1. The summed E-state index contributed by atoms with van der Waals surface area (Å²) in [6.07, 6.45) is 1.82. The molecular weight excluding hydrogens is 252 g/mol. The number of hydrogen-bond acceptors (Lipinski definition) is 4. The van der Waals surface area contributed by atoms with Crippen LogP contribution in [0.15, 0.2) is 36.5 Å². The van der Waals surface area contributed by atoms with Gasteiger partial charge in [0.2, 0.25) is 0 Å². The molecule has 0 fully saturated rings. The maximum Gasteiger partial charge on any atom is 0.127 e. The Morgan fingerprint density at radius 1 is 1.10 bits per heavy atom. The van der Waals surface area contributed by atoms with Gasteiger partial charge in [0.15, 0.2) is 0 Å². The van der Waals surface area contributed by atoms with Gasteiger partial charge in [0.1, 0.15) is 11.5 Å². The van der Waals surface area contributed by atoms with Crippen molar-refractivity contribution in [3.05, 3.63) is 53.3 Å². The number of rotatable bonds is 6. The number of aryl methyl sites for hydroxylation is 1. The van der Waals surface area contributed by atoms with Crippen molar-refractivity contribution >= 4 is 0 Å². The fraction of sp³-hybridized carbons (Fsp3) is 0.312. The summed E-state index contributed by atoms with van der Waals surface area (Å²) in [6, 6.07) is 9.85. The molecule has 1 heterocycles. The molecule has 4 heteroatoms. The zero-order valence-corrected chi connectivity index (χ0v) is 12.1. The van der Waals surface area contributed by atoms with Gasteiger partial charge >= 0.3 is 0 Å². The van der Waals surface area contributed by atoms with Crippen LogP contribution in [0, 0.1) is 6.92 Å². The monoisotopic (exact) mass is 272 g/mol. The van der Waals surface area contributed by atoms with Crippen molar-refractivity contribution in [1.29, 1.82) is 0 Å². The molecular formula is C16H20N2O2. The second kappa shape index (κ2) is 6.91. The summed E-state index contributed by atoms with van der Waals surface area (Å²) >= 11 is 0. The minimum absolute atomic E-state index is 0.725. The number of hydrogen-bond donors (Lipinski definition) is 1. The predicted octanol–water partition coefficient (Wildman–Crippen LogP) is 2.70. The number of nitrogens with zero attached hydrogens (tertiary/aromatic N) is 1. The largest absolute Gasteiger partial charge is 0.497 e. The third-order valence-corrected chi connectivity index (χ3v) is 3.22. The molecule has 0 bridgehead atoms. The predicted molar refractivity (Wildman–Crippen MR) is 79.1 cm³/mol. The molecule has 0 saturated heterocycles. The Bertz CT molecular complexity index is 570. The number of methoxy groups -OCH3 is 2. The maximum absolute atomic E-state index is 5.38. The van der Waals surface area contributed by atoms with Gasteiger partial charge in [0, 0.05) is 30.9 Å². The lowest BCUT2D eigenvalue weighted by molar-refractivity contribution is 0.389. The number of aromatic nitrogens is 1. The highest BCUT2D eigenvalue weighted by atomic mass is 16.5. The Balaban J connectivity index is 1.99. The van der Waals surface area contributed by atoms with Crippen LogP contribution in [0.25, 0.3) is 0 Å². The lowest BCUT2D eigenvalue weighted by Crippen LogP contribution is -2.15. The van der Waals surface area contributed by atoms with Gasteiger partial charge in [-0.05, 0) is 24.6 Å². The van der Waals surface area contributed by atoms with Crippen molar-refractivity contribution in [3.8, 4) is 11.5 Å². The first-order chi connectivity index (χ1) is 9.74. The van der Waals surface area contributed by atoms with E-state index in [1.807, 2.05) is 30.5 Å². The van der Waals surface area contributed by atoms with Crippen molar-refractivity contribution in [2.75, 3.05) is 14.2 Å². The van der Waals surface area contributed by atoms with Gasteiger partial charge in [-0.15, -0.1) is 0 Å². The van der Waals surface area contributed by atoms with E-state index in [1.165, 1.54) is 5.56 Å². The van der Waals surface area contributed by atoms with Crippen LogP contribution in [0.1, 0.15) is 16.8 Å². The highest BCUT2D eigenvalue weighted by Gasteiger charge is 2.05. The maximum atomic E-state index is 5.38. The summed E-state index contributed by atoms with van der Waals surface area (Å²) in [5.74, 6) is 1.63. The van der Waals surface area contributed by atoms with Gasteiger partial charge in [-0.2, -0.15) is 0 Å². The summed E-state index contributed by atoms with van der Waals surface area (Å²) in [7, 11) is 3.32. The van der Waals surface area contributed by atoms with Gasteiger partial charge in [-0.1, -0.05) is 12.1 Å². The molecule has 0 aliphatic heterocycles. The van der Waals surface area contributed by atoms with E-state index in [4.69, 9.17) is 9.47 Å². The van der Waals surface area contributed by atoms with Gasteiger partial charge in [0.05, 0.1) is 19.9 Å². The van der Waals surface area contributed by atoms with Crippen LogP contribution in [0.3, 0.4) is 0 Å². The number of benzene rings is 1. The topological polar surface area (TPSA) is 43.4 Å². The first kappa shape index (κ1) is 14.3. The lowest BCUT2D eigenvalue weighted by Gasteiger charge is -2.11. The second-order valence-electron chi connectivity index (χ2n) is 4.55. The number of ether oxygens (including phenoxy) is 2. The molecule has 0 saturated carbocycles. The van der Waals surface area contributed by atoms with Crippen LogP contribution >= 0.6 is 0 Å². The minimum Gasteiger partial charge on any atom is -0.497 e. The normalized spacial score (nSPS) is 10.3. The molecule has 4 nitrogen and oxygen atoms in total. The van der Waals surface area contributed by atoms with Gasteiger partial charge in [0.25, 0.3) is 0 Å². The fourth-order valence-corrected chi connectivity index (χ4v) is 2.02. The van der Waals surface area contributed by atoms with Crippen molar-refractivity contribution in [3.63, 3.8) is 0 Å². The van der Waals surface area contributed by atoms with Gasteiger partial charge in [-0.3, -0.25) is 4.98 Å². The number of pyridine rings is 1. The van der Waals surface area contributed by atoms with Gasteiger partial charge < -0.3 is 14.8 Å². The molecule has 1 aromatic carbocycles. The van der Waals surface area contributed by atoms with Crippen LogP contribution in [0.4, 0.5) is 0 Å². The van der Waals surface area contributed by atoms with Crippen molar-refractivity contribution < 1.29 is 9.47 Å². The van der Waals surface area contributed by atoms with Crippen LogP contribution in [0.5, 0.6) is 11.5 Å². The minimum atomic E-state index is 0.725. The van der Waals surface area contributed by atoms with E-state index < -0.39 is 0 Å². The molecule has 20 heavy (non-hydrogen) atoms. The summed E-state index contributed by atoms with van der Waals surface area (Å²) in [5, 5.41) is 3.39. The molecule has 2 aromatic rings. The van der Waals surface area contributed by atoms with Crippen LogP contribution in [0.2, 0.25) is 0 Å². The highest BCUT2D eigenvalue weighted by Crippen LogP contribution is 2.24. The molecule has 1 aromatic heterocycles. The highest BCUT2D eigenvalue weighted by molar-refractivity contribution is 5.40. The first-order valence-electron chi connectivity index (χ1n) is 6.56. The van der Waals surface area contributed by atoms with Gasteiger partial charge in [-0.25, -0.2) is 0 Å². The smallest absolute Gasteiger partial charge is 0.127 e. The summed E-state index contributed by atoms with van der Waals surface area (Å²) < 4.78 is 10.6. The van der Waals surface area contributed by atoms with E-state index in [-0.39, 0.29) is 0 Å². The first-order valence-corrected chi connectivity index (χ1v) is 6.56. The van der Waals surface area contributed by atoms with E-state index in [2.05, 4.69) is 23.3 Å². The molecule has 1 N–H and O–H groups in total. The molecule has 0 aliphatic carbocycles. The standard InChI is InChI=1S/C16H20N2O2/c1-12-5-4-8-18-15(12)11-17-10-13-6-7-14(19-2)9-16(13)20-3/h4-9,17H,10-11H2,1-3H3. The van der Waals surface area contributed by atoms with Crippen molar-refractivity contribution in [1.82, 2.24) is 10.3 Å². The molecule has 0 amide bonds. The molecule has 0 aliphatic rings. The molecule has 2 rings (SSSR count). The molecule has 0 spiro atoms. The Labute approximate surface area is 119 Å². The molecule has 0 radical (unpaired) electrons. The average molecular weight is 272 g/mol. The van der Waals surface area contributed by atoms with E-state index in [0.717, 1.165) is 35.8 Å². The van der Waals surface area contributed by atoms with Crippen LogP contribution in [-0.2, 0) is 13.1 Å². The average Bonchev–Trinajstić information content (AvgIpc) is 2.49. The lowest BCUT2D eigenvalue weighted by atomic mass is 10.1. The van der Waals surface area contributed by atoms with Crippen molar-refractivity contribution in [2.24, 2.45) is 0 Å².